The quantitative estimate of drug-likeness (QED) is 0.794. The van der Waals surface area contributed by atoms with Gasteiger partial charge in [0.2, 0.25) is 0 Å². The van der Waals surface area contributed by atoms with Crippen LogP contribution in [0.15, 0.2) is 29.2 Å². The van der Waals surface area contributed by atoms with E-state index in [2.05, 4.69) is 76.1 Å². The third kappa shape index (κ3) is 4.26. The summed E-state index contributed by atoms with van der Waals surface area (Å²) in [6, 6.07) is 9.67. The zero-order valence-electron chi connectivity index (χ0n) is 14.3. The molecule has 1 nitrogen and oxygen atoms in total. The Bertz CT molecular complexity index is 437. The van der Waals surface area contributed by atoms with E-state index in [9.17, 15) is 0 Å². The van der Waals surface area contributed by atoms with Gasteiger partial charge in [-0.25, -0.2) is 0 Å². The van der Waals surface area contributed by atoms with Crippen LogP contribution in [-0.2, 0) is 0 Å². The van der Waals surface area contributed by atoms with E-state index in [1.807, 2.05) is 0 Å². The molecule has 21 heavy (non-hydrogen) atoms. The van der Waals surface area contributed by atoms with Crippen LogP contribution in [0.3, 0.4) is 0 Å². The second-order valence-electron chi connectivity index (χ2n) is 7.22. The van der Waals surface area contributed by atoms with Crippen molar-refractivity contribution in [1.82, 2.24) is 5.32 Å². The Balaban J connectivity index is 2.08. The summed E-state index contributed by atoms with van der Waals surface area (Å²) in [5, 5.41) is 4.25. The molecule has 2 rings (SSSR count). The molecule has 118 valence electrons. The third-order valence-corrected chi connectivity index (χ3v) is 6.86. The second-order valence-corrected chi connectivity index (χ2v) is 8.53. The van der Waals surface area contributed by atoms with Gasteiger partial charge in [0, 0.05) is 16.2 Å². The van der Waals surface area contributed by atoms with Gasteiger partial charge in [-0.1, -0.05) is 44.9 Å². The highest BCUT2D eigenvalue weighted by molar-refractivity contribution is 8.00. The summed E-state index contributed by atoms with van der Waals surface area (Å²) in [5.74, 6) is 0.857. The van der Waals surface area contributed by atoms with Crippen LogP contribution in [-0.4, -0.2) is 18.3 Å². The first-order valence-electron chi connectivity index (χ1n) is 8.37. The van der Waals surface area contributed by atoms with Crippen LogP contribution in [0.25, 0.3) is 0 Å². The molecule has 0 spiro atoms. The highest BCUT2D eigenvalue weighted by atomic mass is 32.2. The molecule has 1 aromatic carbocycles. The first kappa shape index (κ1) is 16.9. The van der Waals surface area contributed by atoms with Gasteiger partial charge in [-0.3, -0.25) is 0 Å². The van der Waals surface area contributed by atoms with Crippen LogP contribution in [0.5, 0.6) is 0 Å². The number of thioether (sulfide) groups is 1. The fourth-order valence-electron chi connectivity index (χ4n) is 3.38. The maximum atomic E-state index is 3.55. The van der Waals surface area contributed by atoms with E-state index in [-0.39, 0.29) is 0 Å². The molecular weight excluding hydrogens is 274 g/mol. The summed E-state index contributed by atoms with van der Waals surface area (Å²) in [5.41, 5.74) is 1.82. The van der Waals surface area contributed by atoms with Crippen LogP contribution in [0.1, 0.15) is 52.0 Å². The Hall–Kier alpha value is -0.470. The Morgan fingerprint density at radius 1 is 1.19 bits per heavy atom. The van der Waals surface area contributed by atoms with E-state index >= 15 is 0 Å². The number of rotatable bonds is 5. The monoisotopic (exact) mass is 305 g/mol. The Kier molecular flexibility index (Phi) is 5.79. The maximum Gasteiger partial charge on any atom is 0.0251 e. The van der Waals surface area contributed by atoms with E-state index < -0.39 is 0 Å². The fourth-order valence-corrected chi connectivity index (χ4v) is 4.79. The molecule has 1 saturated carbocycles. The van der Waals surface area contributed by atoms with Crippen molar-refractivity contribution in [1.29, 1.82) is 0 Å². The number of benzene rings is 1. The molecule has 0 amide bonds. The SMILES string of the molecule is CCC(C)(C)C1CCC(NC)C(Sc2ccc(C)cc2)C1. The number of hydrogen-bond donors (Lipinski definition) is 1. The molecule has 3 atom stereocenters. The molecule has 0 aromatic heterocycles. The van der Waals surface area contributed by atoms with Gasteiger partial charge in [0.05, 0.1) is 0 Å². The molecule has 3 unspecified atom stereocenters. The van der Waals surface area contributed by atoms with Crippen LogP contribution < -0.4 is 5.32 Å². The predicted octanol–water partition coefficient (Wildman–Crippen LogP) is 5.28. The van der Waals surface area contributed by atoms with Crippen LogP contribution in [0.2, 0.25) is 0 Å². The van der Waals surface area contributed by atoms with E-state index in [1.54, 1.807) is 0 Å². The fraction of sp³-hybridized carbons (Fsp3) is 0.684. The lowest BCUT2D eigenvalue weighted by molar-refractivity contribution is 0.142. The van der Waals surface area contributed by atoms with Crippen LogP contribution >= 0.6 is 11.8 Å². The topological polar surface area (TPSA) is 12.0 Å². The molecule has 0 heterocycles. The predicted molar refractivity (Wildman–Crippen MR) is 95.1 cm³/mol. The molecule has 0 radical (unpaired) electrons. The van der Waals surface area contributed by atoms with E-state index in [1.165, 1.54) is 36.1 Å². The number of hydrogen-bond acceptors (Lipinski definition) is 2. The highest BCUT2D eigenvalue weighted by Crippen LogP contribution is 2.44. The van der Waals surface area contributed by atoms with Crippen molar-refractivity contribution in [2.24, 2.45) is 11.3 Å². The first-order chi connectivity index (χ1) is 9.96. The average molecular weight is 306 g/mol. The Labute approximate surface area is 135 Å². The van der Waals surface area contributed by atoms with Crippen LogP contribution in [0, 0.1) is 18.3 Å². The minimum atomic E-state index is 0.477. The summed E-state index contributed by atoms with van der Waals surface area (Å²) >= 11 is 2.07. The van der Waals surface area contributed by atoms with Gasteiger partial charge in [0.15, 0.2) is 0 Å². The van der Waals surface area contributed by atoms with Crippen molar-refractivity contribution in [2.75, 3.05) is 7.05 Å². The van der Waals surface area contributed by atoms with Crippen molar-refractivity contribution in [3.05, 3.63) is 29.8 Å². The van der Waals surface area contributed by atoms with Gasteiger partial charge in [0.1, 0.15) is 0 Å². The summed E-state index contributed by atoms with van der Waals surface area (Å²) < 4.78 is 0. The molecule has 1 N–H and O–H groups in total. The second kappa shape index (κ2) is 7.19. The Morgan fingerprint density at radius 2 is 1.86 bits per heavy atom. The van der Waals surface area contributed by atoms with Gasteiger partial charge in [-0.15, -0.1) is 11.8 Å². The standard InChI is InChI=1S/C19H31NS/c1-6-19(3,4)15-9-12-17(20-5)18(13-15)21-16-10-7-14(2)8-11-16/h7-8,10-11,15,17-18,20H,6,9,12-13H2,1-5H3. The molecule has 1 aromatic rings. The first-order valence-corrected chi connectivity index (χ1v) is 9.25. The van der Waals surface area contributed by atoms with Crippen molar-refractivity contribution in [2.45, 2.75) is 69.6 Å². The third-order valence-electron chi connectivity index (χ3n) is 5.49. The lowest BCUT2D eigenvalue weighted by atomic mass is 9.68. The van der Waals surface area contributed by atoms with Crippen LogP contribution in [0.4, 0.5) is 0 Å². The highest BCUT2D eigenvalue weighted by Gasteiger charge is 2.37. The lowest BCUT2D eigenvalue weighted by Gasteiger charge is -2.43. The van der Waals surface area contributed by atoms with Crippen molar-refractivity contribution < 1.29 is 0 Å². The smallest absolute Gasteiger partial charge is 0.0251 e. The van der Waals surface area contributed by atoms with Gasteiger partial charge in [0.25, 0.3) is 0 Å². The maximum absolute atomic E-state index is 3.55. The summed E-state index contributed by atoms with van der Waals surface area (Å²) in [7, 11) is 2.12. The van der Waals surface area contributed by atoms with E-state index in [0.717, 1.165) is 5.92 Å². The van der Waals surface area contributed by atoms with Gasteiger partial charge >= 0.3 is 0 Å². The zero-order chi connectivity index (χ0) is 15.5. The molecule has 0 saturated heterocycles. The number of aryl methyl sites for hydroxylation is 1. The average Bonchev–Trinajstić information content (AvgIpc) is 2.49. The van der Waals surface area contributed by atoms with Crippen molar-refractivity contribution >= 4 is 11.8 Å². The molecule has 1 aliphatic rings. The van der Waals surface area contributed by atoms with E-state index in [0.29, 0.717) is 16.7 Å². The van der Waals surface area contributed by atoms with Gasteiger partial charge in [-0.2, -0.15) is 0 Å². The molecular formula is C19H31NS. The lowest BCUT2D eigenvalue weighted by Crippen LogP contribution is -2.43. The molecule has 1 fully saturated rings. The molecule has 0 bridgehead atoms. The minimum absolute atomic E-state index is 0.477. The molecule has 0 aliphatic heterocycles. The summed E-state index contributed by atoms with van der Waals surface area (Å²) in [6.07, 6.45) is 5.31. The van der Waals surface area contributed by atoms with Crippen molar-refractivity contribution in [3.8, 4) is 0 Å². The van der Waals surface area contributed by atoms with Gasteiger partial charge < -0.3 is 5.32 Å². The number of nitrogens with one attached hydrogen (secondary N) is 1. The summed E-state index contributed by atoms with van der Waals surface area (Å²) in [6.45, 7) is 9.40. The van der Waals surface area contributed by atoms with Gasteiger partial charge in [-0.05, 0) is 56.7 Å². The minimum Gasteiger partial charge on any atom is -0.316 e. The van der Waals surface area contributed by atoms with E-state index in [4.69, 9.17) is 0 Å². The Morgan fingerprint density at radius 3 is 2.43 bits per heavy atom. The molecule has 2 heteroatoms. The molecule has 1 aliphatic carbocycles. The van der Waals surface area contributed by atoms with Crippen molar-refractivity contribution in [3.63, 3.8) is 0 Å². The normalized spacial score (nSPS) is 26.8. The zero-order valence-corrected chi connectivity index (χ0v) is 15.1. The largest absolute Gasteiger partial charge is 0.316 e. The summed E-state index contributed by atoms with van der Waals surface area (Å²) in [4.78, 5) is 1.42.